The molecular weight excluding hydrogens is 304 g/mol. The topological polar surface area (TPSA) is 56.5 Å². The Labute approximate surface area is 140 Å². The van der Waals surface area contributed by atoms with E-state index in [1.807, 2.05) is 24.3 Å². The minimum absolute atomic E-state index is 0.197. The summed E-state index contributed by atoms with van der Waals surface area (Å²) in [7, 11) is 0. The van der Waals surface area contributed by atoms with Crippen molar-refractivity contribution in [3.05, 3.63) is 71.5 Å². The Morgan fingerprint density at radius 2 is 1.71 bits per heavy atom. The summed E-state index contributed by atoms with van der Waals surface area (Å²) >= 11 is 0. The second kappa shape index (κ2) is 6.71. The summed E-state index contributed by atoms with van der Waals surface area (Å²) in [5.74, 6) is -0.997. The van der Waals surface area contributed by atoms with Crippen molar-refractivity contribution in [2.45, 2.75) is 19.8 Å². The van der Waals surface area contributed by atoms with Crippen molar-refractivity contribution in [2.75, 3.05) is 6.61 Å². The standard InChI is InChI=1S/C20H18O4/c1-3-23-20(22)13(2)17-15-11-7-8-12-16(15)24-19(17)18(21)14-9-5-4-6-10-14/h4-13H,3H2,1-2H3. The molecule has 122 valence electrons. The number of benzene rings is 2. The summed E-state index contributed by atoms with van der Waals surface area (Å²) in [5, 5.41) is 0.761. The predicted molar refractivity (Wildman–Crippen MR) is 91.1 cm³/mol. The summed E-state index contributed by atoms with van der Waals surface area (Å²) in [6, 6.07) is 16.2. The highest BCUT2D eigenvalue weighted by molar-refractivity contribution is 6.11. The molecule has 0 saturated carbocycles. The number of ketones is 1. The Morgan fingerprint density at radius 1 is 1.04 bits per heavy atom. The molecule has 4 nitrogen and oxygen atoms in total. The van der Waals surface area contributed by atoms with Crippen LogP contribution in [-0.4, -0.2) is 18.4 Å². The molecule has 1 atom stereocenters. The molecule has 3 aromatic rings. The van der Waals surface area contributed by atoms with E-state index in [-0.39, 0.29) is 17.5 Å². The van der Waals surface area contributed by atoms with Crippen LogP contribution in [0, 0.1) is 0 Å². The van der Waals surface area contributed by atoms with Crippen LogP contribution in [0.3, 0.4) is 0 Å². The lowest BCUT2D eigenvalue weighted by atomic mass is 9.94. The Bertz CT molecular complexity index is 877. The van der Waals surface area contributed by atoms with Crippen molar-refractivity contribution in [1.29, 1.82) is 0 Å². The van der Waals surface area contributed by atoms with Crippen molar-refractivity contribution in [3.63, 3.8) is 0 Å². The number of fused-ring (bicyclic) bond motifs is 1. The number of furan rings is 1. The first-order chi connectivity index (χ1) is 11.6. The Hall–Kier alpha value is -2.88. The minimum Gasteiger partial charge on any atom is -0.466 e. The fraction of sp³-hybridized carbons (Fsp3) is 0.200. The molecule has 1 heterocycles. The molecule has 0 aliphatic rings. The van der Waals surface area contributed by atoms with Crippen LogP contribution in [0.5, 0.6) is 0 Å². The quantitative estimate of drug-likeness (QED) is 0.518. The minimum atomic E-state index is -0.587. The maximum absolute atomic E-state index is 12.9. The van der Waals surface area contributed by atoms with Crippen molar-refractivity contribution in [2.24, 2.45) is 0 Å². The highest BCUT2D eigenvalue weighted by atomic mass is 16.5. The number of carbonyl (C=O) groups is 2. The molecule has 0 aliphatic carbocycles. The molecule has 1 unspecified atom stereocenters. The number of carbonyl (C=O) groups excluding carboxylic acids is 2. The number of ether oxygens (including phenoxy) is 1. The van der Waals surface area contributed by atoms with E-state index in [1.54, 1.807) is 44.2 Å². The summed E-state index contributed by atoms with van der Waals surface area (Å²) in [6.45, 7) is 3.78. The molecule has 1 aromatic heterocycles. The third-order valence-corrected chi connectivity index (χ3v) is 3.95. The molecule has 0 radical (unpaired) electrons. The van der Waals surface area contributed by atoms with Gasteiger partial charge >= 0.3 is 5.97 Å². The fourth-order valence-electron chi connectivity index (χ4n) is 2.77. The van der Waals surface area contributed by atoms with Gasteiger partial charge in [-0.2, -0.15) is 0 Å². The maximum atomic E-state index is 12.9. The first kappa shape index (κ1) is 16.0. The number of rotatable bonds is 5. The second-order valence-corrected chi connectivity index (χ2v) is 5.51. The Morgan fingerprint density at radius 3 is 2.42 bits per heavy atom. The number of hydrogen-bond acceptors (Lipinski definition) is 4. The summed E-state index contributed by atoms with van der Waals surface area (Å²) in [4.78, 5) is 25.1. The molecule has 0 bridgehead atoms. The van der Waals surface area contributed by atoms with Gasteiger partial charge < -0.3 is 9.15 Å². The van der Waals surface area contributed by atoms with Crippen molar-refractivity contribution in [3.8, 4) is 0 Å². The fourth-order valence-corrected chi connectivity index (χ4v) is 2.77. The van der Waals surface area contributed by atoms with Crippen molar-refractivity contribution < 1.29 is 18.7 Å². The van der Waals surface area contributed by atoms with Crippen LogP contribution in [0.4, 0.5) is 0 Å². The van der Waals surface area contributed by atoms with Gasteiger partial charge in [-0.25, -0.2) is 0 Å². The van der Waals surface area contributed by atoms with E-state index in [0.29, 0.717) is 23.3 Å². The normalized spacial score (nSPS) is 12.1. The molecule has 0 N–H and O–H groups in total. The molecule has 3 rings (SSSR count). The molecule has 0 spiro atoms. The van der Waals surface area contributed by atoms with Crippen LogP contribution in [-0.2, 0) is 9.53 Å². The van der Waals surface area contributed by atoms with Crippen molar-refractivity contribution in [1.82, 2.24) is 0 Å². The zero-order valence-electron chi connectivity index (χ0n) is 13.6. The monoisotopic (exact) mass is 322 g/mol. The number of hydrogen-bond donors (Lipinski definition) is 0. The Kier molecular flexibility index (Phi) is 4.47. The van der Waals surface area contributed by atoms with Gasteiger partial charge in [0.2, 0.25) is 5.78 Å². The van der Waals surface area contributed by atoms with Gasteiger partial charge in [-0.05, 0) is 19.9 Å². The Balaban J connectivity index is 2.15. The van der Waals surface area contributed by atoms with E-state index in [2.05, 4.69) is 0 Å². The van der Waals surface area contributed by atoms with Gasteiger partial charge in [0.1, 0.15) is 5.58 Å². The molecule has 4 heteroatoms. The first-order valence-electron chi connectivity index (χ1n) is 7.91. The summed E-state index contributed by atoms with van der Waals surface area (Å²) in [5.41, 5.74) is 1.69. The number of para-hydroxylation sites is 1. The van der Waals surface area contributed by atoms with E-state index in [9.17, 15) is 9.59 Å². The zero-order chi connectivity index (χ0) is 17.1. The lowest BCUT2D eigenvalue weighted by Gasteiger charge is -2.11. The average molecular weight is 322 g/mol. The maximum Gasteiger partial charge on any atom is 0.313 e. The van der Waals surface area contributed by atoms with Crippen LogP contribution >= 0.6 is 0 Å². The highest BCUT2D eigenvalue weighted by Crippen LogP contribution is 2.34. The van der Waals surface area contributed by atoms with Crippen LogP contribution < -0.4 is 0 Å². The van der Waals surface area contributed by atoms with Crippen LogP contribution in [0.1, 0.15) is 41.4 Å². The van der Waals surface area contributed by atoms with E-state index in [0.717, 1.165) is 5.39 Å². The largest absolute Gasteiger partial charge is 0.466 e. The molecule has 2 aromatic carbocycles. The lowest BCUT2D eigenvalue weighted by molar-refractivity contribution is -0.144. The predicted octanol–water partition coefficient (Wildman–Crippen LogP) is 4.33. The van der Waals surface area contributed by atoms with Gasteiger partial charge in [0.15, 0.2) is 5.76 Å². The first-order valence-corrected chi connectivity index (χ1v) is 7.91. The summed E-state index contributed by atoms with van der Waals surface area (Å²) < 4.78 is 10.9. The van der Waals surface area contributed by atoms with Gasteiger partial charge in [0.05, 0.1) is 12.5 Å². The average Bonchev–Trinajstić information content (AvgIpc) is 3.00. The van der Waals surface area contributed by atoms with Gasteiger partial charge in [-0.15, -0.1) is 0 Å². The lowest BCUT2D eigenvalue weighted by Crippen LogP contribution is -2.15. The van der Waals surface area contributed by atoms with Crippen LogP contribution in [0.15, 0.2) is 59.0 Å². The molecule has 0 aliphatic heterocycles. The smallest absolute Gasteiger partial charge is 0.313 e. The third kappa shape index (κ3) is 2.83. The van der Waals surface area contributed by atoms with Gasteiger partial charge in [-0.1, -0.05) is 48.5 Å². The third-order valence-electron chi connectivity index (χ3n) is 3.95. The molecule has 0 fully saturated rings. The van der Waals surface area contributed by atoms with E-state index < -0.39 is 5.92 Å². The van der Waals surface area contributed by atoms with Gasteiger partial charge in [0.25, 0.3) is 0 Å². The zero-order valence-corrected chi connectivity index (χ0v) is 13.6. The SMILES string of the molecule is CCOC(=O)C(C)c1c(C(=O)c2ccccc2)oc2ccccc12. The second-order valence-electron chi connectivity index (χ2n) is 5.51. The molecule has 24 heavy (non-hydrogen) atoms. The summed E-state index contributed by atoms with van der Waals surface area (Å²) in [6.07, 6.45) is 0. The molecular formula is C20H18O4. The molecule has 0 saturated heterocycles. The van der Waals surface area contributed by atoms with E-state index in [1.165, 1.54) is 0 Å². The van der Waals surface area contributed by atoms with Crippen molar-refractivity contribution >= 4 is 22.7 Å². The highest BCUT2D eigenvalue weighted by Gasteiger charge is 2.29. The van der Waals surface area contributed by atoms with Gasteiger partial charge in [0, 0.05) is 16.5 Å². The van der Waals surface area contributed by atoms with Crippen LogP contribution in [0.25, 0.3) is 11.0 Å². The molecule has 0 amide bonds. The van der Waals surface area contributed by atoms with E-state index >= 15 is 0 Å². The van der Waals surface area contributed by atoms with E-state index in [4.69, 9.17) is 9.15 Å². The van der Waals surface area contributed by atoms with Gasteiger partial charge in [-0.3, -0.25) is 9.59 Å². The number of esters is 1. The van der Waals surface area contributed by atoms with Crippen LogP contribution in [0.2, 0.25) is 0 Å².